The molecule has 3 aromatic carbocycles. The molecule has 6 nitrogen and oxygen atoms in total. The Balaban J connectivity index is 1.41. The fourth-order valence-electron chi connectivity index (χ4n) is 3.19. The van der Waals surface area contributed by atoms with Gasteiger partial charge in [0.25, 0.3) is 17.7 Å². The highest BCUT2D eigenvalue weighted by atomic mass is 16.6. The van der Waals surface area contributed by atoms with Gasteiger partial charge in [0, 0.05) is 5.56 Å². The second-order valence-electron chi connectivity index (χ2n) is 6.65. The monoisotopic (exact) mass is 386 g/mol. The van der Waals surface area contributed by atoms with Gasteiger partial charge in [0.05, 0.1) is 24.3 Å². The van der Waals surface area contributed by atoms with Crippen molar-refractivity contribution in [3.05, 3.63) is 107 Å². The lowest BCUT2D eigenvalue weighted by Crippen LogP contribution is -2.29. The normalized spacial score (nSPS) is 12.8. The van der Waals surface area contributed by atoms with E-state index in [2.05, 4.69) is 5.48 Å². The van der Waals surface area contributed by atoms with Gasteiger partial charge in [0.2, 0.25) is 0 Å². The summed E-state index contributed by atoms with van der Waals surface area (Å²) in [5.41, 5.74) is 5.22. The van der Waals surface area contributed by atoms with Crippen molar-refractivity contribution in [2.24, 2.45) is 0 Å². The molecule has 6 heteroatoms. The van der Waals surface area contributed by atoms with E-state index in [1.165, 1.54) is 4.90 Å². The minimum absolute atomic E-state index is 0.0956. The number of rotatable bonds is 6. The van der Waals surface area contributed by atoms with Gasteiger partial charge in [-0.3, -0.25) is 24.1 Å². The van der Waals surface area contributed by atoms with Crippen LogP contribution in [-0.4, -0.2) is 22.6 Å². The highest BCUT2D eigenvalue weighted by molar-refractivity contribution is 6.21. The maximum absolute atomic E-state index is 12.5. The van der Waals surface area contributed by atoms with E-state index < -0.39 is 5.91 Å². The van der Waals surface area contributed by atoms with Crippen LogP contribution in [0.3, 0.4) is 0 Å². The van der Waals surface area contributed by atoms with Gasteiger partial charge in [-0.1, -0.05) is 54.6 Å². The summed E-state index contributed by atoms with van der Waals surface area (Å²) >= 11 is 0. The summed E-state index contributed by atoms with van der Waals surface area (Å²) in [6.45, 7) is 0.347. The first-order valence-corrected chi connectivity index (χ1v) is 9.14. The van der Waals surface area contributed by atoms with Gasteiger partial charge < -0.3 is 0 Å². The summed E-state index contributed by atoms with van der Waals surface area (Å²) in [6, 6.07) is 23.0. The number of hydrogen-bond acceptors (Lipinski definition) is 4. The average molecular weight is 386 g/mol. The van der Waals surface area contributed by atoms with E-state index in [-0.39, 0.29) is 25.0 Å². The van der Waals surface area contributed by atoms with Gasteiger partial charge >= 0.3 is 0 Å². The van der Waals surface area contributed by atoms with E-state index in [9.17, 15) is 14.4 Å². The quantitative estimate of drug-likeness (QED) is 0.521. The van der Waals surface area contributed by atoms with Gasteiger partial charge in [0.15, 0.2) is 0 Å². The van der Waals surface area contributed by atoms with Gasteiger partial charge in [-0.05, 0) is 35.4 Å². The molecule has 0 saturated carbocycles. The molecule has 0 atom stereocenters. The second-order valence-corrected chi connectivity index (χ2v) is 6.65. The molecule has 3 aromatic rings. The molecule has 1 aliphatic heterocycles. The molecule has 29 heavy (non-hydrogen) atoms. The topological polar surface area (TPSA) is 75.7 Å². The van der Waals surface area contributed by atoms with E-state index in [4.69, 9.17) is 4.84 Å². The number of imide groups is 1. The van der Waals surface area contributed by atoms with Gasteiger partial charge in [-0.25, -0.2) is 5.48 Å². The van der Waals surface area contributed by atoms with Crippen LogP contribution in [0, 0.1) is 0 Å². The molecule has 0 aromatic heterocycles. The predicted octanol–water partition coefficient (Wildman–Crippen LogP) is 3.34. The third-order valence-corrected chi connectivity index (χ3v) is 4.65. The molecule has 0 bridgehead atoms. The Morgan fingerprint density at radius 1 is 0.793 bits per heavy atom. The standard InChI is InChI=1S/C23H18N2O4/c26-21(24-29-15-16-7-2-1-3-8-16)18-10-6-9-17(13-18)14-25-22(27)19-11-4-5-12-20(19)23(25)28/h1-13H,14-15H2,(H,24,26). The molecule has 1 aliphatic rings. The Morgan fingerprint density at radius 3 is 2.10 bits per heavy atom. The van der Waals surface area contributed by atoms with Crippen molar-refractivity contribution in [1.29, 1.82) is 0 Å². The molecular formula is C23H18N2O4. The summed E-state index contributed by atoms with van der Waals surface area (Å²) in [6.07, 6.45) is 0. The minimum atomic E-state index is -0.398. The molecule has 0 unspecified atom stereocenters. The molecule has 0 spiro atoms. The second kappa shape index (κ2) is 8.08. The maximum atomic E-state index is 12.5. The Kier molecular flexibility index (Phi) is 5.18. The number of carbonyl (C=O) groups excluding carboxylic acids is 3. The van der Waals surface area contributed by atoms with Crippen LogP contribution in [0.5, 0.6) is 0 Å². The highest BCUT2D eigenvalue weighted by Crippen LogP contribution is 2.24. The van der Waals surface area contributed by atoms with Gasteiger partial charge in [0.1, 0.15) is 0 Å². The van der Waals surface area contributed by atoms with Crippen LogP contribution in [0.1, 0.15) is 42.2 Å². The summed E-state index contributed by atoms with van der Waals surface area (Å²) in [4.78, 5) is 43.8. The van der Waals surface area contributed by atoms with Gasteiger partial charge in [-0.15, -0.1) is 0 Å². The average Bonchev–Trinajstić information content (AvgIpc) is 3.00. The number of amides is 3. The molecule has 0 radical (unpaired) electrons. The van der Waals surface area contributed by atoms with E-state index in [1.807, 2.05) is 30.3 Å². The zero-order valence-corrected chi connectivity index (χ0v) is 15.5. The number of nitrogens with one attached hydrogen (secondary N) is 1. The van der Waals surface area contributed by atoms with Crippen molar-refractivity contribution in [3.63, 3.8) is 0 Å². The Bertz CT molecular complexity index is 1040. The molecule has 0 saturated heterocycles. The SMILES string of the molecule is O=C(NOCc1ccccc1)c1cccc(CN2C(=O)c3ccccc3C2=O)c1. The fraction of sp³-hybridized carbons (Fsp3) is 0.0870. The fourth-order valence-corrected chi connectivity index (χ4v) is 3.19. The third-order valence-electron chi connectivity index (χ3n) is 4.65. The maximum Gasteiger partial charge on any atom is 0.274 e. The van der Waals surface area contributed by atoms with E-state index in [0.29, 0.717) is 22.3 Å². The number of fused-ring (bicyclic) bond motifs is 1. The number of carbonyl (C=O) groups is 3. The first-order valence-electron chi connectivity index (χ1n) is 9.14. The molecular weight excluding hydrogens is 368 g/mol. The van der Waals surface area contributed by atoms with Crippen LogP contribution in [0.2, 0.25) is 0 Å². The van der Waals surface area contributed by atoms with Crippen molar-refractivity contribution in [3.8, 4) is 0 Å². The zero-order valence-electron chi connectivity index (χ0n) is 15.5. The summed E-state index contributed by atoms with van der Waals surface area (Å²) < 4.78 is 0. The Hall–Kier alpha value is -3.77. The highest BCUT2D eigenvalue weighted by Gasteiger charge is 2.34. The van der Waals surface area contributed by atoms with E-state index in [0.717, 1.165) is 5.56 Å². The summed E-state index contributed by atoms with van der Waals surface area (Å²) in [5.74, 6) is -1.05. The molecule has 0 aliphatic carbocycles. The van der Waals surface area contributed by atoms with Crippen molar-refractivity contribution in [2.75, 3.05) is 0 Å². The van der Waals surface area contributed by atoms with Crippen LogP contribution in [0.4, 0.5) is 0 Å². The van der Waals surface area contributed by atoms with Crippen molar-refractivity contribution in [1.82, 2.24) is 10.4 Å². The number of hydrogen-bond donors (Lipinski definition) is 1. The number of benzene rings is 3. The van der Waals surface area contributed by atoms with Crippen LogP contribution < -0.4 is 5.48 Å². The molecule has 1 N–H and O–H groups in total. The number of nitrogens with zero attached hydrogens (tertiary/aromatic N) is 1. The third kappa shape index (κ3) is 3.93. The lowest BCUT2D eigenvalue weighted by molar-refractivity contribution is 0.0233. The Morgan fingerprint density at radius 2 is 1.41 bits per heavy atom. The van der Waals surface area contributed by atoms with Crippen LogP contribution in [0.25, 0.3) is 0 Å². The van der Waals surface area contributed by atoms with Crippen LogP contribution in [0.15, 0.2) is 78.9 Å². The zero-order chi connectivity index (χ0) is 20.2. The molecule has 1 heterocycles. The van der Waals surface area contributed by atoms with Crippen molar-refractivity contribution in [2.45, 2.75) is 13.2 Å². The number of hydroxylamine groups is 1. The molecule has 144 valence electrons. The van der Waals surface area contributed by atoms with E-state index >= 15 is 0 Å². The first-order chi connectivity index (χ1) is 14.1. The lowest BCUT2D eigenvalue weighted by atomic mass is 10.1. The predicted molar refractivity (Wildman–Crippen MR) is 106 cm³/mol. The minimum Gasteiger partial charge on any atom is -0.270 e. The first kappa shape index (κ1) is 18.6. The van der Waals surface area contributed by atoms with Gasteiger partial charge in [-0.2, -0.15) is 0 Å². The van der Waals surface area contributed by atoms with E-state index in [1.54, 1.807) is 48.5 Å². The largest absolute Gasteiger partial charge is 0.274 e. The van der Waals surface area contributed by atoms with Crippen molar-refractivity contribution >= 4 is 17.7 Å². The van der Waals surface area contributed by atoms with Crippen LogP contribution >= 0.6 is 0 Å². The summed E-state index contributed by atoms with van der Waals surface area (Å²) in [7, 11) is 0. The lowest BCUT2D eigenvalue weighted by Gasteiger charge is -2.14. The summed E-state index contributed by atoms with van der Waals surface area (Å²) in [5, 5.41) is 0. The molecule has 4 rings (SSSR count). The van der Waals surface area contributed by atoms with Crippen LogP contribution in [-0.2, 0) is 18.0 Å². The Labute approximate surface area is 167 Å². The molecule has 3 amide bonds. The van der Waals surface area contributed by atoms with Crippen molar-refractivity contribution < 1.29 is 19.2 Å². The molecule has 0 fully saturated rings. The smallest absolute Gasteiger partial charge is 0.270 e.